The molecule has 3 rings (SSSR count). The molecule has 0 aliphatic heterocycles. The third kappa shape index (κ3) is 3.27. The van der Waals surface area contributed by atoms with Crippen molar-refractivity contribution in [3.63, 3.8) is 0 Å². The average molecular weight is 374 g/mol. The second kappa shape index (κ2) is 6.26. The summed E-state index contributed by atoms with van der Waals surface area (Å²) in [6.07, 6.45) is 0. The van der Waals surface area contributed by atoms with Crippen molar-refractivity contribution in [2.75, 3.05) is 12.4 Å². The molecule has 0 spiro atoms. The van der Waals surface area contributed by atoms with Gasteiger partial charge in [0.25, 0.3) is 5.91 Å². The van der Waals surface area contributed by atoms with Crippen LogP contribution in [0.15, 0.2) is 62.2 Å². The van der Waals surface area contributed by atoms with Gasteiger partial charge < -0.3 is 14.5 Å². The predicted molar refractivity (Wildman–Crippen MR) is 91.1 cm³/mol. The fraction of sp³-hybridized carbons (Fsp3) is 0.0588. The summed E-state index contributed by atoms with van der Waals surface area (Å²) < 4.78 is 11.1. The molecule has 5 nitrogen and oxygen atoms in total. The van der Waals surface area contributed by atoms with E-state index in [9.17, 15) is 9.59 Å². The Bertz CT molecular complexity index is 949. The summed E-state index contributed by atoms with van der Waals surface area (Å²) in [5.74, 6) is 0.192. The van der Waals surface area contributed by atoms with Crippen molar-refractivity contribution in [2.45, 2.75) is 0 Å². The highest BCUT2D eigenvalue weighted by atomic mass is 79.9. The fourth-order valence-corrected chi connectivity index (χ4v) is 2.57. The molecule has 0 saturated heterocycles. The van der Waals surface area contributed by atoms with Crippen LogP contribution in [0.25, 0.3) is 11.0 Å². The van der Waals surface area contributed by atoms with Crippen LogP contribution in [0.3, 0.4) is 0 Å². The average Bonchev–Trinajstić information content (AvgIpc) is 2.55. The minimum absolute atomic E-state index is 0.292. The maximum Gasteiger partial charge on any atom is 0.336 e. The second-order valence-corrected chi connectivity index (χ2v) is 5.72. The topological polar surface area (TPSA) is 68.5 Å². The van der Waals surface area contributed by atoms with Crippen molar-refractivity contribution >= 4 is 38.5 Å². The molecule has 1 aromatic heterocycles. The summed E-state index contributed by atoms with van der Waals surface area (Å²) in [6, 6.07) is 13.2. The Morgan fingerprint density at radius 2 is 1.96 bits per heavy atom. The molecule has 6 heteroatoms. The van der Waals surface area contributed by atoms with Gasteiger partial charge in [-0.2, -0.15) is 0 Å². The minimum Gasteiger partial charge on any atom is -0.496 e. The van der Waals surface area contributed by atoms with Crippen molar-refractivity contribution in [2.24, 2.45) is 0 Å². The number of halogens is 1. The van der Waals surface area contributed by atoms with Crippen LogP contribution >= 0.6 is 15.9 Å². The zero-order valence-electron chi connectivity index (χ0n) is 12.1. The van der Waals surface area contributed by atoms with Gasteiger partial charge in [-0.25, -0.2) is 4.79 Å². The molecule has 0 saturated carbocycles. The van der Waals surface area contributed by atoms with Crippen LogP contribution in [0.4, 0.5) is 5.69 Å². The molecule has 116 valence electrons. The third-order valence-corrected chi connectivity index (χ3v) is 3.78. The number of hydrogen-bond donors (Lipinski definition) is 1. The number of ether oxygens (including phenoxy) is 1. The standard InChI is InChI=1S/C17H12BrNO4/c1-22-15-5-3-11(18)9-13(15)17(21)19-12-4-6-14-10(8-12)2-7-16(20)23-14/h2-9H,1H3,(H,19,21). The van der Waals surface area contributed by atoms with Crippen molar-refractivity contribution < 1.29 is 13.9 Å². The Hall–Kier alpha value is -2.60. The third-order valence-electron chi connectivity index (χ3n) is 3.28. The van der Waals surface area contributed by atoms with Gasteiger partial charge >= 0.3 is 5.63 Å². The Kier molecular flexibility index (Phi) is 4.16. The number of rotatable bonds is 3. The smallest absolute Gasteiger partial charge is 0.336 e. The molecule has 0 bridgehead atoms. The van der Waals surface area contributed by atoms with E-state index >= 15 is 0 Å². The lowest BCUT2D eigenvalue weighted by atomic mass is 10.1. The molecule has 23 heavy (non-hydrogen) atoms. The van der Waals surface area contributed by atoms with E-state index in [0.717, 1.165) is 9.86 Å². The van der Waals surface area contributed by atoms with Crippen molar-refractivity contribution in [1.82, 2.24) is 0 Å². The molecular weight excluding hydrogens is 362 g/mol. The van der Waals surface area contributed by atoms with Gasteiger partial charge in [-0.05, 0) is 42.5 Å². The first-order valence-corrected chi connectivity index (χ1v) is 7.55. The highest BCUT2D eigenvalue weighted by molar-refractivity contribution is 9.10. The summed E-state index contributed by atoms with van der Waals surface area (Å²) in [5, 5.41) is 3.53. The van der Waals surface area contributed by atoms with Crippen molar-refractivity contribution in [1.29, 1.82) is 0 Å². The summed E-state index contributed by atoms with van der Waals surface area (Å²) in [4.78, 5) is 23.6. The van der Waals surface area contributed by atoms with E-state index in [1.54, 1.807) is 42.5 Å². The maximum atomic E-state index is 12.5. The van der Waals surface area contributed by atoms with Gasteiger partial charge in [-0.3, -0.25) is 4.79 Å². The number of nitrogens with one attached hydrogen (secondary N) is 1. The van der Waals surface area contributed by atoms with E-state index in [4.69, 9.17) is 9.15 Å². The number of methoxy groups -OCH3 is 1. The van der Waals surface area contributed by atoms with Crippen LogP contribution < -0.4 is 15.7 Å². The number of fused-ring (bicyclic) bond motifs is 1. The summed E-state index contributed by atoms with van der Waals surface area (Å²) in [6.45, 7) is 0. The van der Waals surface area contributed by atoms with E-state index in [-0.39, 0.29) is 5.91 Å². The lowest BCUT2D eigenvalue weighted by molar-refractivity contribution is 0.102. The van der Waals surface area contributed by atoms with E-state index in [1.165, 1.54) is 13.2 Å². The molecule has 0 aliphatic rings. The zero-order valence-corrected chi connectivity index (χ0v) is 13.7. The first kappa shape index (κ1) is 15.3. The van der Waals surface area contributed by atoms with Crippen LogP contribution in [-0.2, 0) is 0 Å². The van der Waals surface area contributed by atoms with Gasteiger partial charge in [-0.15, -0.1) is 0 Å². The molecule has 3 aromatic rings. The number of hydrogen-bond acceptors (Lipinski definition) is 4. The van der Waals surface area contributed by atoms with Crippen LogP contribution in [0.2, 0.25) is 0 Å². The zero-order chi connectivity index (χ0) is 16.4. The van der Waals surface area contributed by atoms with E-state index < -0.39 is 5.63 Å². The largest absolute Gasteiger partial charge is 0.496 e. The van der Waals surface area contributed by atoms with E-state index in [2.05, 4.69) is 21.2 Å². The van der Waals surface area contributed by atoms with Gasteiger partial charge in [0.15, 0.2) is 0 Å². The molecule has 0 atom stereocenters. The Morgan fingerprint density at radius 1 is 1.13 bits per heavy atom. The fourth-order valence-electron chi connectivity index (χ4n) is 2.21. The van der Waals surface area contributed by atoms with Gasteiger partial charge in [0.2, 0.25) is 0 Å². The number of amides is 1. The summed E-state index contributed by atoms with van der Waals surface area (Å²) in [7, 11) is 1.51. The monoisotopic (exact) mass is 373 g/mol. The number of carbonyl (C=O) groups is 1. The molecule has 1 amide bonds. The molecule has 2 aromatic carbocycles. The Balaban J connectivity index is 1.92. The van der Waals surface area contributed by atoms with Crippen LogP contribution in [0.1, 0.15) is 10.4 Å². The van der Waals surface area contributed by atoms with Gasteiger partial charge in [0, 0.05) is 21.6 Å². The first-order valence-electron chi connectivity index (χ1n) is 6.75. The van der Waals surface area contributed by atoms with E-state index in [0.29, 0.717) is 22.6 Å². The quantitative estimate of drug-likeness (QED) is 0.708. The lowest BCUT2D eigenvalue weighted by Gasteiger charge is -2.10. The van der Waals surface area contributed by atoms with Crippen molar-refractivity contribution in [3.05, 3.63) is 69.0 Å². The van der Waals surface area contributed by atoms with Gasteiger partial charge in [0.05, 0.1) is 12.7 Å². The molecule has 0 unspecified atom stereocenters. The van der Waals surface area contributed by atoms with Gasteiger partial charge in [0.1, 0.15) is 11.3 Å². The van der Waals surface area contributed by atoms with Crippen molar-refractivity contribution in [3.8, 4) is 5.75 Å². The maximum absolute atomic E-state index is 12.5. The highest BCUT2D eigenvalue weighted by Crippen LogP contribution is 2.25. The van der Waals surface area contributed by atoms with Crippen LogP contribution in [0.5, 0.6) is 5.75 Å². The number of benzene rings is 2. The second-order valence-electron chi connectivity index (χ2n) is 4.81. The minimum atomic E-state index is -0.409. The normalized spacial score (nSPS) is 10.5. The number of carbonyl (C=O) groups excluding carboxylic acids is 1. The Morgan fingerprint density at radius 3 is 2.74 bits per heavy atom. The SMILES string of the molecule is COc1ccc(Br)cc1C(=O)Nc1ccc2oc(=O)ccc2c1. The number of anilines is 1. The van der Waals surface area contributed by atoms with Gasteiger partial charge in [-0.1, -0.05) is 15.9 Å². The molecule has 0 aliphatic carbocycles. The molecule has 1 N–H and O–H groups in total. The Labute approximate surface area is 140 Å². The molecule has 0 radical (unpaired) electrons. The highest BCUT2D eigenvalue weighted by Gasteiger charge is 2.13. The summed E-state index contributed by atoms with van der Waals surface area (Å²) in [5.41, 5.74) is 1.07. The molecular formula is C17H12BrNO4. The predicted octanol–water partition coefficient (Wildman–Crippen LogP) is 3.82. The summed E-state index contributed by atoms with van der Waals surface area (Å²) >= 11 is 3.34. The lowest BCUT2D eigenvalue weighted by Crippen LogP contribution is -2.13. The molecule has 0 fully saturated rings. The molecule has 1 heterocycles. The van der Waals surface area contributed by atoms with Crippen LogP contribution in [0, 0.1) is 0 Å². The first-order chi connectivity index (χ1) is 11.1. The van der Waals surface area contributed by atoms with Crippen LogP contribution in [-0.4, -0.2) is 13.0 Å². The van der Waals surface area contributed by atoms with E-state index in [1.807, 2.05) is 0 Å².